The van der Waals surface area contributed by atoms with Crippen LogP contribution in [0.5, 0.6) is 0 Å². The second-order valence-corrected chi connectivity index (χ2v) is 6.85. The van der Waals surface area contributed by atoms with Gasteiger partial charge in [0.05, 0.1) is 11.6 Å². The van der Waals surface area contributed by atoms with E-state index < -0.39 is 0 Å². The van der Waals surface area contributed by atoms with Crippen molar-refractivity contribution < 1.29 is 0 Å². The first-order valence-electron chi connectivity index (χ1n) is 9.21. The molecule has 132 valence electrons. The zero-order valence-corrected chi connectivity index (χ0v) is 14.8. The Bertz CT molecular complexity index is 897. The van der Waals surface area contributed by atoms with Crippen molar-refractivity contribution in [3.05, 3.63) is 88.8 Å². The molecule has 2 heterocycles. The van der Waals surface area contributed by atoms with Gasteiger partial charge in [0.2, 0.25) is 0 Å². The summed E-state index contributed by atoms with van der Waals surface area (Å²) in [4.78, 5) is 15.4. The van der Waals surface area contributed by atoms with Gasteiger partial charge in [-0.05, 0) is 30.0 Å². The Hall–Kier alpha value is -2.72. The van der Waals surface area contributed by atoms with E-state index in [4.69, 9.17) is 0 Å². The second-order valence-electron chi connectivity index (χ2n) is 6.85. The fourth-order valence-corrected chi connectivity index (χ4v) is 3.69. The number of nitrogens with zero attached hydrogens (tertiary/aromatic N) is 3. The monoisotopic (exact) mass is 345 g/mol. The zero-order valence-electron chi connectivity index (χ0n) is 14.8. The van der Waals surface area contributed by atoms with Crippen LogP contribution in [0.4, 0.5) is 0 Å². The SMILES string of the molecule is O=c1c(-c2ccccc2)ccnn1C1CCN(Cc2ccccc2)CC1. The Morgan fingerprint density at radius 1 is 0.885 bits per heavy atom. The van der Waals surface area contributed by atoms with Crippen LogP contribution in [0.1, 0.15) is 24.4 Å². The van der Waals surface area contributed by atoms with E-state index in [1.807, 2.05) is 42.5 Å². The van der Waals surface area contributed by atoms with E-state index in [9.17, 15) is 4.79 Å². The van der Waals surface area contributed by atoms with Gasteiger partial charge in [0, 0.05) is 25.8 Å². The highest BCUT2D eigenvalue weighted by Gasteiger charge is 2.23. The minimum atomic E-state index is 0.0141. The fourth-order valence-electron chi connectivity index (χ4n) is 3.69. The molecule has 4 rings (SSSR count). The Balaban J connectivity index is 1.47. The molecule has 1 aliphatic rings. The molecule has 4 nitrogen and oxygen atoms in total. The van der Waals surface area contributed by atoms with Gasteiger partial charge in [-0.3, -0.25) is 9.69 Å². The summed E-state index contributed by atoms with van der Waals surface area (Å²) in [5.41, 5.74) is 3.04. The van der Waals surface area contributed by atoms with Crippen LogP contribution in [-0.2, 0) is 6.54 Å². The van der Waals surface area contributed by atoms with Crippen LogP contribution in [-0.4, -0.2) is 27.8 Å². The van der Waals surface area contributed by atoms with E-state index in [1.54, 1.807) is 10.9 Å². The van der Waals surface area contributed by atoms with E-state index in [0.717, 1.165) is 43.6 Å². The maximum absolute atomic E-state index is 12.9. The summed E-state index contributed by atoms with van der Waals surface area (Å²) in [6, 6.07) is 22.4. The van der Waals surface area contributed by atoms with Crippen LogP contribution in [0.2, 0.25) is 0 Å². The van der Waals surface area contributed by atoms with Gasteiger partial charge in [-0.2, -0.15) is 5.10 Å². The summed E-state index contributed by atoms with van der Waals surface area (Å²) in [5, 5.41) is 4.38. The molecule has 4 heteroatoms. The van der Waals surface area contributed by atoms with Crippen molar-refractivity contribution in [2.75, 3.05) is 13.1 Å². The van der Waals surface area contributed by atoms with Crippen molar-refractivity contribution in [1.82, 2.24) is 14.7 Å². The van der Waals surface area contributed by atoms with Gasteiger partial charge in [-0.25, -0.2) is 4.68 Å². The lowest BCUT2D eigenvalue weighted by atomic mass is 10.0. The van der Waals surface area contributed by atoms with Gasteiger partial charge in [0.1, 0.15) is 0 Å². The predicted octanol–water partition coefficient (Wildman–Crippen LogP) is 3.75. The summed E-state index contributed by atoms with van der Waals surface area (Å²) in [5.74, 6) is 0. The molecule has 0 spiro atoms. The quantitative estimate of drug-likeness (QED) is 0.723. The van der Waals surface area contributed by atoms with E-state index in [0.29, 0.717) is 0 Å². The third-order valence-corrected chi connectivity index (χ3v) is 5.11. The molecule has 3 aromatic rings. The van der Waals surface area contributed by atoms with Crippen molar-refractivity contribution in [2.45, 2.75) is 25.4 Å². The maximum Gasteiger partial charge on any atom is 0.274 e. The van der Waals surface area contributed by atoms with Crippen LogP contribution in [0.15, 0.2) is 77.7 Å². The summed E-state index contributed by atoms with van der Waals surface area (Å²) >= 11 is 0. The summed E-state index contributed by atoms with van der Waals surface area (Å²) in [7, 11) is 0. The Morgan fingerprint density at radius 2 is 1.54 bits per heavy atom. The van der Waals surface area contributed by atoms with E-state index in [1.165, 1.54) is 5.56 Å². The molecule has 0 unspecified atom stereocenters. The first-order valence-corrected chi connectivity index (χ1v) is 9.21. The lowest BCUT2D eigenvalue weighted by Crippen LogP contribution is -2.38. The molecule has 1 saturated heterocycles. The third-order valence-electron chi connectivity index (χ3n) is 5.11. The average Bonchev–Trinajstić information content (AvgIpc) is 2.70. The number of aromatic nitrogens is 2. The molecule has 0 aliphatic carbocycles. The van der Waals surface area contributed by atoms with Crippen molar-refractivity contribution >= 4 is 0 Å². The van der Waals surface area contributed by atoms with Crippen molar-refractivity contribution in [1.29, 1.82) is 0 Å². The first-order chi connectivity index (χ1) is 12.8. The van der Waals surface area contributed by atoms with Crippen LogP contribution in [0, 0.1) is 0 Å². The van der Waals surface area contributed by atoms with E-state index in [2.05, 4.69) is 34.3 Å². The molecule has 0 N–H and O–H groups in total. The van der Waals surface area contributed by atoms with Gasteiger partial charge in [0.15, 0.2) is 0 Å². The Morgan fingerprint density at radius 3 is 2.23 bits per heavy atom. The smallest absolute Gasteiger partial charge is 0.274 e. The summed E-state index contributed by atoms with van der Waals surface area (Å²) in [6.45, 7) is 2.95. The van der Waals surface area contributed by atoms with Gasteiger partial charge in [0.25, 0.3) is 5.56 Å². The largest absolute Gasteiger partial charge is 0.299 e. The molecule has 0 radical (unpaired) electrons. The van der Waals surface area contributed by atoms with Crippen LogP contribution in [0.3, 0.4) is 0 Å². The van der Waals surface area contributed by atoms with Crippen molar-refractivity contribution in [3.8, 4) is 11.1 Å². The van der Waals surface area contributed by atoms with Crippen LogP contribution < -0.4 is 5.56 Å². The van der Waals surface area contributed by atoms with Crippen molar-refractivity contribution in [3.63, 3.8) is 0 Å². The van der Waals surface area contributed by atoms with Gasteiger partial charge in [-0.15, -0.1) is 0 Å². The number of likely N-dealkylation sites (tertiary alicyclic amines) is 1. The molecule has 26 heavy (non-hydrogen) atoms. The maximum atomic E-state index is 12.9. The molecule has 2 aromatic carbocycles. The van der Waals surface area contributed by atoms with Gasteiger partial charge in [-0.1, -0.05) is 60.7 Å². The van der Waals surface area contributed by atoms with Crippen molar-refractivity contribution in [2.24, 2.45) is 0 Å². The molecule has 0 bridgehead atoms. The number of rotatable bonds is 4. The summed E-state index contributed by atoms with van der Waals surface area (Å²) in [6.07, 6.45) is 3.66. The lowest BCUT2D eigenvalue weighted by molar-refractivity contribution is 0.170. The molecular weight excluding hydrogens is 322 g/mol. The topological polar surface area (TPSA) is 38.1 Å². The summed E-state index contributed by atoms with van der Waals surface area (Å²) < 4.78 is 1.70. The third kappa shape index (κ3) is 3.60. The average molecular weight is 345 g/mol. The van der Waals surface area contributed by atoms with Gasteiger partial charge >= 0.3 is 0 Å². The molecule has 0 saturated carbocycles. The Kier molecular flexibility index (Phi) is 4.93. The van der Waals surface area contributed by atoms with E-state index >= 15 is 0 Å². The van der Waals surface area contributed by atoms with E-state index in [-0.39, 0.29) is 11.6 Å². The standard InChI is InChI=1S/C22H23N3O/c26-22-21(19-9-5-2-6-10-19)11-14-23-25(22)20-12-15-24(16-13-20)17-18-7-3-1-4-8-18/h1-11,14,20H,12-13,15-17H2. The fraction of sp³-hybridized carbons (Fsp3) is 0.273. The number of piperidine rings is 1. The molecule has 0 amide bonds. The number of benzene rings is 2. The normalized spacial score (nSPS) is 15.8. The van der Waals surface area contributed by atoms with Gasteiger partial charge < -0.3 is 0 Å². The molecule has 1 fully saturated rings. The zero-order chi connectivity index (χ0) is 17.8. The molecule has 1 aromatic heterocycles. The second kappa shape index (κ2) is 7.67. The highest BCUT2D eigenvalue weighted by atomic mass is 16.1. The molecular formula is C22H23N3O. The lowest BCUT2D eigenvalue weighted by Gasteiger charge is -2.32. The first kappa shape index (κ1) is 16.7. The molecule has 1 aliphatic heterocycles. The van der Waals surface area contributed by atoms with Crippen LogP contribution in [0.25, 0.3) is 11.1 Å². The van der Waals surface area contributed by atoms with Crippen LogP contribution >= 0.6 is 0 Å². The Labute approximate surface area is 153 Å². The predicted molar refractivity (Wildman–Crippen MR) is 104 cm³/mol. The number of hydrogen-bond donors (Lipinski definition) is 0. The number of hydrogen-bond acceptors (Lipinski definition) is 3. The minimum absolute atomic E-state index is 0.0141. The highest BCUT2D eigenvalue weighted by Crippen LogP contribution is 2.23. The minimum Gasteiger partial charge on any atom is -0.299 e. The highest BCUT2D eigenvalue weighted by molar-refractivity contribution is 5.61. The molecule has 0 atom stereocenters.